The Morgan fingerprint density at radius 1 is 1.31 bits per heavy atom. The van der Waals surface area contributed by atoms with E-state index in [9.17, 15) is 27.2 Å². The lowest BCUT2D eigenvalue weighted by Gasteiger charge is -2.15. The van der Waals surface area contributed by atoms with Crippen LogP contribution < -0.4 is 10.1 Å². The minimum atomic E-state index is -4.31. The lowest BCUT2D eigenvalue weighted by molar-refractivity contribution is -0.148. The summed E-state index contributed by atoms with van der Waals surface area (Å²) in [4.78, 5) is 26.1. The van der Waals surface area contributed by atoms with Crippen LogP contribution >= 0.6 is 0 Å². The van der Waals surface area contributed by atoms with Gasteiger partial charge in [-0.25, -0.2) is 13.8 Å². The molecular formula is C14H12F4N4O4. The summed E-state index contributed by atoms with van der Waals surface area (Å²) in [6.07, 6.45) is -1.52. The second kappa shape index (κ2) is 7.80. The maximum atomic E-state index is 12.8. The molecule has 0 saturated heterocycles. The molecule has 2 N–H and O–H groups in total. The van der Waals surface area contributed by atoms with Gasteiger partial charge in [0.15, 0.2) is 12.4 Å². The third kappa shape index (κ3) is 5.16. The Hall–Kier alpha value is -3.18. The summed E-state index contributed by atoms with van der Waals surface area (Å²) in [6, 6.07) is 3.63. The largest absolute Gasteiger partial charge is 0.480 e. The van der Waals surface area contributed by atoms with E-state index in [1.165, 1.54) is 18.3 Å². The lowest BCUT2D eigenvalue weighted by Crippen LogP contribution is -2.33. The van der Waals surface area contributed by atoms with E-state index in [2.05, 4.69) is 20.1 Å². The molecule has 0 radical (unpaired) electrons. The number of carbonyl (C=O) groups excluding carboxylic acids is 1. The Morgan fingerprint density at radius 3 is 2.62 bits per heavy atom. The molecule has 0 aliphatic rings. The zero-order chi connectivity index (χ0) is 19.3. The van der Waals surface area contributed by atoms with Crippen molar-refractivity contribution in [3.8, 4) is 5.88 Å². The monoisotopic (exact) mass is 376 g/mol. The second-order valence-electron chi connectivity index (χ2n) is 4.98. The molecule has 0 aliphatic heterocycles. The number of hydrogen-bond donors (Lipinski definition) is 2. The minimum Gasteiger partial charge on any atom is -0.480 e. The summed E-state index contributed by atoms with van der Waals surface area (Å²) in [5.41, 5.74) is 0.0192. The van der Waals surface area contributed by atoms with Crippen LogP contribution in [0.2, 0.25) is 0 Å². The molecule has 2 aromatic rings. The number of rotatable bonds is 8. The number of alkyl halides is 4. The SMILES string of the molecule is O=C(O)Cn1ccc(NC(=O)c2ccc(OCC(F)(F)C(F)F)nc2)n1. The number of ether oxygens (including phenoxy) is 1. The van der Waals surface area contributed by atoms with Crippen molar-refractivity contribution in [2.45, 2.75) is 18.9 Å². The summed E-state index contributed by atoms with van der Waals surface area (Å²) in [6.45, 7) is -1.93. The molecule has 0 saturated carbocycles. The van der Waals surface area contributed by atoms with E-state index in [0.717, 1.165) is 16.9 Å². The summed E-state index contributed by atoms with van der Waals surface area (Å²) in [5.74, 6) is -6.33. The molecule has 2 heterocycles. The van der Waals surface area contributed by atoms with Crippen LogP contribution in [0.15, 0.2) is 30.6 Å². The Balaban J connectivity index is 1.94. The van der Waals surface area contributed by atoms with E-state index in [-0.39, 0.29) is 23.8 Å². The van der Waals surface area contributed by atoms with Gasteiger partial charge in [0.1, 0.15) is 6.54 Å². The number of carboxylic acid groups (broad SMARTS) is 1. The third-order valence-electron chi connectivity index (χ3n) is 2.91. The first-order valence-corrected chi connectivity index (χ1v) is 6.99. The van der Waals surface area contributed by atoms with Gasteiger partial charge in [-0.1, -0.05) is 0 Å². The van der Waals surface area contributed by atoms with Crippen molar-refractivity contribution in [3.63, 3.8) is 0 Å². The number of anilines is 1. The third-order valence-corrected chi connectivity index (χ3v) is 2.91. The Morgan fingerprint density at radius 2 is 2.04 bits per heavy atom. The van der Waals surface area contributed by atoms with Crippen molar-refractivity contribution in [1.29, 1.82) is 0 Å². The number of aromatic nitrogens is 3. The fraction of sp³-hybridized carbons (Fsp3) is 0.286. The molecule has 0 fully saturated rings. The van der Waals surface area contributed by atoms with Gasteiger partial charge in [-0.3, -0.25) is 14.3 Å². The quantitative estimate of drug-likeness (QED) is 0.682. The molecule has 2 aromatic heterocycles. The second-order valence-corrected chi connectivity index (χ2v) is 4.98. The van der Waals surface area contributed by atoms with Crippen molar-refractivity contribution in [2.24, 2.45) is 0 Å². The van der Waals surface area contributed by atoms with E-state index in [0.29, 0.717) is 0 Å². The minimum absolute atomic E-state index is 0.0192. The number of nitrogens with zero attached hydrogens (tertiary/aromatic N) is 3. The molecule has 0 aromatic carbocycles. The summed E-state index contributed by atoms with van der Waals surface area (Å²) in [7, 11) is 0. The molecule has 8 nitrogen and oxygen atoms in total. The standard InChI is InChI=1S/C14H12F4N4O4/c15-13(16)14(17,18)7-26-10-2-1-8(5-19-10)12(25)20-9-3-4-22(21-9)6-11(23)24/h1-5,13H,6-7H2,(H,23,24)(H,20,21,25). The number of aliphatic carboxylic acids is 1. The fourth-order valence-corrected chi connectivity index (χ4v) is 1.68. The first-order chi connectivity index (χ1) is 12.2. The maximum Gasteiger partial charge on any atom is 0.340 e. The predicted octanol–water partition coefficient (Wildman–Crippen LogP) is 1.89. The van der Waals surface area contributed by atoms with Crippen LogP contribution in [0.25, 0.3) is 0 Å². The lowest BCUT2D eigenvalue weighted by atomic mass is 10.2. The van der Waals surface area contributed by atoms with Gasteiger partial charge in [-0.15, -0.1) is 0 Å². The molecule has 1 amide bonds. The molecule has 0 aliphatic carbocycles. The number of nitrogens with one attached hydrogen (secondary N) is 1. The average Bonchev–Trinajstić information content (AvgIpc) is 2.99. The molecule has 26 heavy (non-hydrogen) atoms. The highest BCUT2D eigenvalue weighted by Gasteiger charge is 2.41. The summed E-state index contributed by atoms with van der Waals surface area (Å²) >= 11 is 0. The van der Waals surface area contributed by atoms with E-state index in [1.807, 2.05) is 0 Å². The Bertz CT molecular complexity index is 780. The predicted molar refractivity (Wildman–Crippen MR) is 78.5 cm³/mol. The van der Waals surface area contributed by atoms with Crippen LogP contribution in [0, 0.1) is 0 Å². The molecule has 2 rings (SSSR count). The number of hydrogen-bond acceptors (Lipinski definition) is 5. The van der Waals surface area contributed by atoms with Crippen LogP contribution in [-0.2, 0) is 11.3 Å². The molecule has 12 heteroatoms. The number of carboxylic acids is 1. The van der Waals surface area contributed by atoms with Gasteiger partial charge in [-0.05, 0) is 6.07 Å². The zero-order valence-corrected chi connectivity index (χ0v) is 12.9. The van der Waals surface area contributed by atoms with Crippen LogP contribution in [0.3, 0.4) is 0 Å². The maximum absolute atomic E-state index is 12.8. The van der Waals surface area contributed by atoms with Gasteiger partial charge < -0.3 is 15.2 Å². The van der Waals surface area contributed by atoms with Crippen LogP contribution in [-0.4, -0.2) is 50.7 Å². The van der Waals surface area contributed by atoms with Crippen molar-refractivity contribution in [2.75, 3.05) is 11.9 Å². The van der Waals surface area contributed by atoms with Crippen molar-refractivity contribution >= 4 is 17.7 Å². The number of halogens is 4. The van der Waals surface area contributed by atoms with Gasteiger partial charge in [0, 0.05) is 24.5 Å². The number of amides is 1. The van der Waals surface area contributed by atoms with E-state index in [1.54, 1.807) is 0 Å². The highest BCUT2D eigenvalue weighted by atomic mass is 19.3. The van der Waals surface area contributed by atoms with Crippen LogP contribution in [0.1, 0.15) is 10.4 Å². The van der Waals surface area contributed by atoms with Gasteiger partial charge >= 0.3 is 18.3 Å². The molecular weight excluding hydrogens is 364 g/mol. The van der Waals surface area contributed by atoms with Crippen LogP contribution in [0.4, 0.5) is 23.4 Å². The Kier molecular flexibility index (Phi) is 5.75. The van der Waals surface area contributed by atoms with Gasteiger partial charge in [-0.2, -0.15) is 13.9 Å². The van der Waals surface area contributed by atoms with Crippen molar-refractivity contribution in [3.05, 3.63) is 36.2 Å². The number of pyridine rings is 1. The molecule has 0 atom stereocenters. The molecule has 140 valence electrons. The Labute approximate surface area is 143 Å². The van der Waals surface area contributed by atoms with E-state index in [4.69, 9.17) is 5.11 Å². The van der Waals surface area contributed by atoms with Crippen LogP contribution in [0.5, 0.6) is 5.88 Å². The van der Waals surface area contributed by atoms with Crippen molar-refractivity contribution < 1.29 is 37.0 Å². The average molecular weight is 376 g/mol. The smallest absolute Gasteiger partial charge is 0.340 e. The first-order valence-electron chi connectivity index (χ1n) is 6.99. The first kappa shape index (κ1) is 19.1. The summed E-state index contributed by atoms with van der Waals surface area (Å²) < 4.78 is 55.1. The van der Waals surface area contributed by atoms with Gasteiger partial charge in [0.05, 0.1) is 5.56 Å². The topological polar surface area (TPSA) is 106 Å². The fourth-order valence-electron chi connectivity index (χ4n) is 1.68. The highest BCUT2D eigenvalue weighted by Crippen LogP contribution is 2.23. The van der Waals surface area contributed by atoms with Gasteiger partial charge in [0.2, 0.25) is 5.88 Å². The van der Waals surface area contributed by atoms with E-state index < -0.39 is 30.8 Å². The van der Waals surface area contributed by atoms with Gasteiger partial charge in [0.25, 0.3) is 5.91 Å². The van der Waals surface area contributed by atoms with E-state index >= 15 is 0 Å². The molecule has 0 bridgehead atoms. The number of carbonyl (C=O) groups is 2. The van der Waals surface area contributed by atoms with Crippen molar-refractivity contribution in [1.82, 2.24) is 14.8 Å². The highest BCUT2D eigenvalue weighted by molar-refractivity contribution is 6.03. The zero-order valence-electron chi connectivity index (χ0n) is 12.9. The molecule has 0 unspecified atom stereocenters. The normalized spacial score (nSPS) is 11.4. The molecule has 0 spiro atoms. The summed E-state index contributed by atoms with van der Waals surface area (Å²) in [5, 5.41) is 14.8.